The summed E-state index contributed by atoms with van der Waals surface area (Å²) < 4.78 is 0.844. The molecule has 1 rings (SSSR count). The molecule has 0 atom stereocenters. The van der Waals surface area contributed by atoms with E-state index in [-0.39, 0.29) is 0 Å². The van der Waals surface area contributed by atoms with E-state index in [0.717, 1.165) is 4.47 Å². The summed E-state index contributed by atoms with van der Waals surface area (Å²) in [4.78, 5) is 14.1. The lowest BCUT2D eigenvalue weighted by Gasteiger charge is -2.17. The lowest BCUT2D eigenvalue weighted by atomic mass is 10.5. The predicted molar refractivity (Wildman–Crippen MR) is 73.1 cm³/mol. The molecular weight excluding hydrogens is 298 g/mol. The Morgan fingerprint density at radius 2 is 2.22 bits per heavy atom. The molecule has 0 unspecified atom stereocenters. The first-order valence-electron chi connectivity index (χ1n) is 5.21. The van der Waals surface area contributed by atoms with Gasteiger partial charge in [-0.05, 0) is 15.9 Å². The zero-order valence-electron chi connectivity index (χ0n) is 10.2. The topological polar surface area (TPSA) is 89.2 Å². The fraction of sp³-hybridized carbons (Fsp3) is 0.400. The molecule has 7 nitrogen and oxygen atoms in total. The minimum atomic E-state index is 0.447. The van der Waals surface area contributed by atoms with E-state index in [1.807, 2.05) is 18.1 Å². The van der Waals surface area contributed by atoms with Crippen molar-refractivity contribution in [3.8, 4) is 6.19 Å². The van der Waals surface area contributed by atoms with Crippen LogP contribution >= 0.6 is 15.9 Å². The number of hydrogen-bond donors (Lipinski definition) is 2. The number of aliphatic imine (C=N–C) groups is 1. The van der Waals surface area contributed by atoms with Gasteiger partial charge >= 0.3 is 0 Å². The second-order valence-electron chi connectivity index (χ2n) is 3.36. The number of nitrogens with zero attached hydrogens (tertiary/aromatic N) is 5. The van der Waals surface area contributed by atoms with Crippen LogP contribution in [0.4, 0.5) is 5.95 Å². The number of rotatable bonds is 4. The number of nitrogens with one attached hydrogen (secondary N) is 2. The highest BCUT2D eigenvalue weighted by Crippen LogP contribution is 2.08. The van der Waals surface area contributed by atoms with Gasteiger partial charge in [-0.3, -0.25) is 10.3 Å². The van der Waals surface area contributed by atoms with Crippen LogP contribution in [-0.2, 0) is 0 Å². The smallest absolute Gasteiger partial charge is 0.225 e. The third kappa shape index (κ3) is 4.55. The first kappa shape index (κ1) is 14.2. The van der Waals surface area contributed by atoms with Gasteiger partial charge in [-0.2, -0.15) is 5.26 Å². The standard InChI is InChI=1S/C10H14BrN7/c1-13-9(17-7-12)14-3-4-18(2)10-15-5-8(11)6-16-10/h5-6H,3-4H2,1-2H3,(H2,13,14,17). The quantitative estimate of drug-likeness (QED) is 0.360. The van der Waals surface area contributed by atoms with Crippen molar-refractivity contribution < 1.29 is 0 Å². The van der Waals surface area contributed by atoms with Crippen molar-refractivity contribution in [1.82, 2.24) is 20.6 Å². The lowest BCUT2D eigenvalue weighted by molar-refractivity contribution is 0.787. The number of aromatic nitrogens is 2. The van der Waals surface area contributed by atoms with Gasteiger partial charge in [-0.25, -0.2) is 9.97 Å². The maximum Gasteiger partial charge on any atom is 0.225 e. The van der Waals surface area contributed by atoms with Crippen LogP contribution in [0, 0.1) is 11.5 Å². The van der Waals surface area contributed by atoms with Crippen LogP contribution in [-0.4, -0.2) is 43.1 Å². The van der Waals surface area contributed by atoms with Crippen molar-refractivity contribution in [3.63, 3.8) is 0 Å². The van der Waals surface area contributed by atoms with Crippen LogP contribution < -0.4 is 15.5 Å². The molecule has 1 heterocycles. The molecule has 1 aromatic rings. The van der Waals surface area contributed by atoms with Crippen LogP contribution in [0.1, 0.15) is 0 Å². The highest BCUT2D eigenvalue weighted by atomic mass is 79.9. The Balaban J connectivity index is 2.40. The van der Waals surface area contributed by atoms with E-state index in [2.05, 4.69) is 41.5 Å². The highest BCUT2D eigenvalue weighted by molar-refractivity contribution is 9.10. The van der Waals surface area contributed by atoms with Crippen molar-refractivity contribution in [2.24, 2.45) is 4.99 Å². The molecule has 0 bridgehead atoms. The minimum absolute atomic E-state index is 0.447. The molecule has 0 aliphatic heterocycles. The van der Waals surface area contributed by atoms with E-state index in [0.29, 0.717) is 25.0 Å². The molecule has 8 heteroatoms. The summed E-state index contributed by atoms with van der Waals surface area (Å²) in [7, 11) is 3.50. The Labute approximate surface area is 114 Å². The first-order valence-corrected chi connectivity index (χ1v) is 6.01. The molecule has 0 radical (unpaired) electrons. The number of nitriles is 1. The number of guanidine groups is 1. The molecule has 0 aromatic carbocycles. The zero-order chi connectivity index (χ0) is 13.4. The third-order valence-electron chi connectivity index (χ3n) is 2.09. The molecule has 0 saturated carbocycles. The summed E-state index contributed by atoms with van der Waals surface area (Å²) in [5, 5.41) is 13.9. The Bertz CT molecular complexity index is 437. The van der Waals surface area contributed by atoms with Crippen LogP contribution in [0.2, 0.25) is 0 Å². The monoisotopic (exact) mass is 311 g/mol. The van der Waals surface area contributed by atoms with Crippen molar-refractivity contribution >= 4 is 27.8 Å². The van der Waals surface area contributed by atoms with Crippen LogP contribution in [0.25, 0.3) is 0 Å². The molecular formula is C10H14BrN7. The molecule has 2 N–H and O–H groups in total. The molecule has 96 valence electrons. The first-order chi connectivity index (χ1) is 8.67. The van der Waals surface area contributed by atoms with Crippen LogP contribution in [0.5, 0.6) is 0 Å². The molecule has 18 heavy (non-hydrogen) atoms. The van der Waals surface area contributed by atoms with Gasteiger partial charge in [0.15, 0.2) is 6.19 Å². The van der Waals surface area contributed by atoms with Crippen LogP contribution in [0.15, 0.2) is 21.9 Å². The summed E-state index contributed by atoms with van der Waals surface area (Å²) >= 11 is 3.28. The molecule has 0 aliphatic rings. The summed E-state index contributed by atoms with van der Waals surface area (Å²) in [5.74, 6) is 1.09. The maximum absolute atomic E-state index is 8.46. The Hall–Kier alpha value is -1.88. The molecule has 0 amide bonds. The molecule has 0 spiro atoms. The van der Waals surface area contributed by atoms with Crippen molar-refractivity contribution in [2.75, 3.05) is 32.1 Å². The fourth-order valence-electron chi connectivity index (χ4n) is 1.18. The third-order valence-corrected chi connectivity index (χ3v) is 2.50. The lowest BCUT2D eigenvalue weighted by Crippen LogP contribution is -2.39. The number of halogens is 1. The second-order valence-corrected chi connectivity index (χ2v) is 4.27. The van der Waals surface area contributed by atoms with E-state index in [9.17, 15) is 0 Å². The maximum atomic E-state index is 8.46. The predicted octanol–water partition coefficient (Wildman–Crippen LogP) is 0.321. The molecule has 1 aromatic heterocycles. The van der Waals surface area contributed by atoms with Gasteiger partial charge in [-0.1, -0.05) is 0 Å². The molecule has 0 fully saturated rings. The van der Waals surface area contributed by atoms with E-state index < -0.39 is 0 Å². The summed E-state index contributed by atoms with van der Waals surface area (Å²) in [6, 6.07) is 0. The van der Waals surface area contributed by atoms with Crippen molar-refractivity contribution in [1.29, 1.82) is 5.26 Å². The number of anilines is 1. The van der Waals surface area contributed by atoms with Gasteiger partial charge in [0.05, 0.1) is 4.47 Å². The van der Waals surface area contributed by atoms with Gasteiger partial charge in [0.1, 0.15) is 0 Å². The van der Waals surface area contributed by atoms with E-state index in [1.165, 1.54) is 0 Å². The molecule has 0 aliphatic carbocycles. The second kappa shape index (κ2) is 7.45. The van der Waals surface area contributed by atoms with E-state index in [1.54, 1.807) is 19.4 Å². The Morgan fingerprint density at radius 1 is 1.56 bits per heavy atom. The average Bonchev–Trinajstić information content (AvgIpc) is 2.38. The van der Waals surface area contributed by atoms with Crippen molar-refractivity contribution in [2.45, 2.75) is 0 Å². The Kier molecular flexibility index (Phi) is 5.87. The van der Waals surface area contributed by atoms with Gasteiger partial charge in [0.25, 0.3) is 0 Å². The van der Waals surface area contributed by atoms with Gasteiger partial charge < -0.3 is 10.2 Å². The summed E-state index contributed by atoms with van der Waals surface area (Å²) in [5.41, 5.74) is 0. The fourth-order valence-corrected chi connectivity index (χ4v) is 1.38. The summed E-state index contributed by atoms with van der Waals surface area (Å²) in [6.07, 6.45) is 5.20. The number of likely N-dealkylation sites (N-methyl/N-ethyl adjacent to an activating group) is 1. The van der Waals surface area contributed by atoms with Gasteiger partial charge in [0.2, 0.25) is 11.9 Å². The SMILES string of the molecule is CN=C(NC#N)NCCN(C)c1ncc(Br)cn1. The minimum Gasteiger partial charge on any atom is -0.354 e. The van der Waals surface area contributed by atoms with Gasteiger partial charge in [-0.15, -0.1) is 0 Å². The number of hydrogen-bond acceptors (Lipinski definition) is 5. The largest absolute Gasteiger partial charge is 0.354 e. The van der Waals surface area contributed by atoms with Crippen molar-refractivity contribution in [3.05, 3.63) is 16.9 Å². The zero-order valence-corrected chi connectivity index (χ0v) is 11.8. The van der Waals surface area contributed by atoms with Crippen LogP contribution in [0.3, 0.4) is 0 Å². The normalized spacial score (nSPS) is 10.7. The summed E-state index contributed by atoms with van der Waals surface area (Å²) in [6.45, 7) is 1.31. The average molecular weight is 312 g/mol. The van der Waals surface area contributed by atoms with Gasteiger partial charge in [0, 0.05) is 39.6 Å². The Morgan fingerprint density at radius 3 is 2.78 bits per heavy atom. The molecule has 0 saturated heterocycles. The van der Waals surface area contributed by atoms with E-state index in [4.69, 9.17) is 5.26 Å². The van der Waals surface area contributed by atoms with E-state index >= 15 is 0 Å². The highest BCUT2D eigenvalue weighted by Gasteiger charge is 2.03.